The molecule has 1 amide bonds. The molecular weight excluding hydrogens is 618 g/mol. The van der Waals surface area contributed by atoms with E-state index in [9.17, 15) is 20.1 Å². The molecule has 0 saturated carbocycles. The fourth-order valence-corrected chi connectivity index (χ4v) is 7.02. The zero-order valence-electron chi connectivity index (χ0n) is 34.0. The minimum Gasteiger partial charge on any atom is -0.394 e. The summed E-state index contributed by atoms with van der Waals surface area (Å²) in [6.07, 6.45) is 45.5. The highest BCUT2D eigenvalue weighted by Gasteiger charge is 2.22. The molecule has 50 heavy (non-hydrogen) atoms. The van der Waals surface area contributed by atoms with Gasteiger partial charge in [0, 0.05) is 0 Å². The minimum absolute atomic E-state index is 0.361. The third kappa shape index (κ3) is 35.5. The molecule has 4 N–H and O–H groups in total. The van der Waals surface area contributed by atoms with Crippen LogP contribution in [0.4, 0.5) is 0 Å². The van der Waals surface area contributed by atoms with Gasteiger partial charge < -0.3 is 20.6 Å². The molecule has 0 fully saturated rings. The summed E-state index contributed by atoms with van der Waals surface area (Å²) in [6, 6.07) is -0.793. The van der Waals surface area contributed by atoms with Crippen LogP contribution in [0, 0.1) is 5.92 Å². The van der Waals surface area contributed by atoms with E-state index in [-0.39, 0.29) is 6.61 Å². The van der Waals surface area contributed by atoms with Crippen LogP contribution >= 0.6 is 0 Å². The number of rotatable bonds is 40. The molecule has 0 aliphatic heterocycles. The van der Waals surface area contributed by atoms with Gasteiger partial charge >= 0.3 is 0 Å². The summed E-state index contributed by atoms with van der Waals surface area (Å²) in [4.78, 5) is 12.4. The maximum Gasteiger partial charge on any atom is 0.249 e. The quantitative estimate of drug-likeness (QED) is 0.0377. The standard InChI is InChI=1S/C45H89NO4/c1-4-5-6-7-8-9-10-11-12-13-14-15-16-17-18-19-20-21-22-23-26-30-33-36-39-44(49)45(50)46-42(40-47)43(48)38-35-32-29-27-24-25-28-31-34-37-41(2)3/h35,38,41-44,47-49H,4-34,36-37,39-40H2,1-3H3,(H,46,50)/b38-35+/t42-,43+,44?/m0/s1. The number of amides is 1. The molecule has 5 nitrogen and oxygen atoms in total. The van der Waals surface area contributed by atoms with E-state index < -0.39 is 24.2 Å². The van der Waals surface area contributed by atoms with Gasteiger partial charge in [-0.25, -0.2) is 0 Å². The summed E-state index contributed by atoms with van der Waals surface area (Å²) < 4.78 is 0. The maximum absolute atomic E-state index is 12.4. The largest absolute Gasteiger partial charge is 0.394 e. The lowest BCUT2D eigenvalue weighted by Crippen LogP contribution is -2.48. The van der Waals surface area contributed by atoms with Crippen molar-refractivity contribution < 1.29 is 20.1 Å². The minimum atomic E-state index is -1.09. The van der Waals surface area contributed by atoms with Gasteiger partial charge in [0.25, 0.3) is 0 Å². The SMILES string of the molecule is CCCCCCCCCCCCCCCCCCCCCCCCCCC(O)C(=O)N[C@@H](CO)[C@H](O)/C=C/CCCCCCCCCC(C)C. The van der Waals surface area contributed by atoms with Gasteiger partial charge in [0.2, 0.25) is 5.91 Å². The Morgan fingerprint density at radius 3 is 1.22 bits per heavy atom. The van der Waals surface area contributed by atoms with Gasteiger partial charge in [-0.15, -0.1) is 0 Å². The Balaban J connectivity index is 3.57. The maximum atomic E-state index is 12.4. The van der Waals surface area contributed by atoms with Gasteiger partial charge in [-0.2, -0.15) is 0 Å². The van der Waals surface area contributed by atoms with Crippen LogP contribution in [0.2, 0.25) is 0 Å². The highest BCUT2D eigenvalue weighted by molar-refractivity contribution is 5.80. The van der Waals surface area contributed by atoms with E-state index in [2.05, 4.69) is 26.1 Å². The zero-order valence-corrected chi connectivity index (χ0v) is 34.0. The van der Waals surface area contributed by atoms with Crippen LogP contribution in [-0.4, -0.2) is 46.1 Å². The smallest absolute Gasteiger partial charge is 0.249 e. The van der Waals surface area contributed by atoms with Crippen molar-refractivity contribution in [3.63, 3.8) is 0 Å². The van der Waals surface area contributed by atoms with Crippen molar-refractivity contribution in [2.45, 2.75) is 257 Å². The third-order valence-electron chi connectivity index (χ3n) is 10.6. The molecule has 0 heterocycles. The summed E-state index contributed by atoms with van der Waals surface area (Å²) in [5, 5.41) is 33.1. The van der Waals surface area contributed by atoms with E-state index in [0.29, 0.717) is 6.42 Å². The average Bonchev–Trinajstić information content (AvgIpc) is 3.10. The second kappa shape index (κ2) is 39.3. The highest BCUT2D eigenvalue weighted by Crippen LogP contribution is 2.17. The molecule has 298 valence electrons. The van der Waals surface area contributed by atoms with E-state index >= 15 is 0 Å². The number of carbonyl (C=O) groups is 1. The summed E-state index contributed by atoms with van der Waals surface area (Å²) in [5.74, 6) is 0.308. The average molecular weight is 708 g/mol. The molecule has 0 saturated heterocycles. The van der Waals surface area contributed by atoms with E-state index in [4.69, 9.17) is 0 Å². The van der Waals surface area contributed by atoms with Crippen molar-refractivity contribution >= 4 is 5.91 Å². The molecular formula is C45H89NO4. The lowest BCUT2D eigenvalue weighted by molar-refractivity contribution is -0.131. The lowest BCUT2D eigenvalue weighted by atomic mass is 10.0. The van der Waals surface area contributed by atoms with Gasteiger partial charge in [-0.1, -0.05) is 232 Å². The molecule has 0 spiro atoms. The monoisotopic (exact) mass is 708 g/mol. The van der Waals surface area contributed by atoms with Gasteiger partial charge in [0.05, 0.1) is 18.8 Å². The fourth-order valence-electron chi connectivity index (χ4n) is 7.02. The van der Waals surface area contributed by atoms with E-state index in [0.717, 1.165) is 38.0 Å². The zero-order chi connectivity index (χ0) is 36.8. The van der Waals surface area contributed by atoms with Crippen LogP contribution in [0.1, 0.15) is 239 Å². The Hall–Kier alpha value is -0.910. The second-order valence-corrected chi connectivity index (χ2v) is 16.1. The van der Waals surface area contributed by atoms with Crippen molar-refractivity contribution in [2.24, 2.45) is 5.92 Å². The second-order valence-electron chi connectivity index (χ2n) is 16.1. The Morgan fingerprint density at radius 2 is 0.860 bits per heavy atom. The van der Waals surface area contributed by atoms with E-state index in [1.807, 2.05) is 6.08 Å². The van der Waals surface area contributed by atoms with Gasteiger partial charge in [-0.05, 0) is 25.2 Å². The van der Waals surface area contributed by atoms with Gasteiger partial charge in [-0.3, -0.25) is 4.79 Å². The van der Waals surface area contributed by atoms with E-state index in [1.54, 1.807) is 6.08 Å². The van der Waals surface area contributed by atoms with Crippen molar-refractivity contribution in [1.29, 1.82) is 0 Å². The number of aliphatic hydroxyl groups excluding tert-OH is 3. The number of unbranched alkanes of at least 4 members (excludes halogenated alkanes) is 30. The van der Waals surface area contributed by atoms with Crippen LogP contribution in [-0.2, 0) is 4.79 Å². The molecule has 0 aromatic carbocycles. The number of carbonyl (C=O) groups excluding carboxylic acids is 1. The summed E-state index contributed by atoms with van der Waals surface area (Å²) >= 11 is 0. The highest BCUT2D eigenvalue weighted by atomic mass is 16.3. The first-order chi connectivity index (χ1) is 24.4. The van der Waals surface area contributed by atoms with Crippen LogP contribution in [0.3, 0.4) is 0 Å². The predicted molar refractivity (Wildman–Crippen MR) is 218 cm³/mol. The summed E-state index contributed by atoms with van der Waals surface area (Å²) in [7, 11) is 0. The van der Waals surface area contributed by atoms with Crippen molar-refractivity contribution in [1.82, 2.24) is 5.32 Å². The Bertz CT molecular complexity index is 711. The number of hydrogen-bond acceptors (Lipinski definition) is 4. The molecule has 0 aromatic rings. The number of aliphatic hydroxyl groups is 3. The molecule has 0 aromatic heterocycles. The van der Waals surface area contributed by atoms with Crippen LogP contribution in [0.15, 0.2) is 12.2 Å². The lowest BCUT2D eigenvalue weighted by Gasteiger charge is -2.21. The number of allylic oxidation sites excluding steroid dienone is 1. The molecule has 0 bridgehead atoms. The first-order valence-corrected chi connectivity index (χ1v) is 22.4. The van der Waals surface area contributed by atoms with Crippen molar-refractivity contribution in [3.05, 3.63) is 12.2 Å². The Labute approximate surface area is 312 Å². The van der Waals surface area contributed by atoms with Crippen LogP contribution in [0.25, 0.3) is 0 Å². The summed E-state index contributed by atoms with van der Waals surface area (Å²) in [6.45, 7) is 6.51. The third-order valence-corrected chi connectivity index (χ3v) is 10.6. The van der Waals surface area contributed by atoms with Gasteiger partial charge in [0.15, 0.2) is 0 Å². The molecule has 1 unspecified atom stereocenters. The molecule has 0 aliphatic carbocycles. The Kier molecular flexibility index (Phi) is 38.6. The fraction of sp³-hybridized carbons (Fsp3) is 0.933. The first kappa shape index (κ1) is 49.1. The van der Waals surface area contributed by atoms with Crippen molar-refractivity contribution in [2.75, 3.05) is 6.61 Å². The van der Waals surface area contributed by atoms with Crippen LogP contribution in [0.5, 0.6) is 0 Å². The van der Waals surface area contributed by atoms with E-state index in [1.165, 1.54) is 180 Å². The number of nitrogens with one attached hydrogen (secondary N) is 1. The topological polar surface area (TPSA) is 89.8 Å². The molecule has 3 atom stereocenters. The molecule has 0 aliphatic rings. The van der Waals surface area contributed by atoms with Crippen LogP contribution < -0.4 is 5.32 Å². The first-order valence-electron chi connectivity index (χ1n) is 22.4. The van der Waals surface area contributed by atoms with Gasteiger partial charge in [0.1, 0.15) is 6.10 Å². The predicted octanol–water partition coefficient (Wildman–Crippen LogP) is 12.7. The van der Waals surface area contributed by atoms with Crippen molar-refractivity contribution in [3.8, 4) is 0 Å². The Morgan fingerprint density at radius 1 is 0.520 bits per heavy atom. The molecule has 5 heteroatoms. The molecule has 0 radical (unpaired) electrons. The summed E-state index contributed by atoms with van der Waals surface area (Å²) in [5.41, 5.74) is 0. The molecule has 0 rings (SSSR count). The number of hydrogen-bond donors (Lipinski definition) is 4. The normalized spacial score (nSPS) is 13.7.